The molecule has 152 valence electrons. The van der Waals surface area contributed by atoms with Crippen LogP contribution in [0.3, 0.4) is 0 Å². The van der Waals surface area contributed by atoms with Crippen LogP contribution in [0.15, 0.2) is 77.7 Å². The molecule has 0 aliphatic carbocycles. The zero-order valence-electron chi connectivity index (χ0n) is 16.9. The number of nitrogens with zero attached hydrogens (tertiary/aromatic N) is 2. The molecule has 0 radical (unpaired) electrons. The van der Waals surface area contributed by atoms with Crippen LogP contribution >= 0.6 is 11.6 Å². The molecule has 4 aromatic rings. The first kappa shape index (κ1) is 20.4. The quantitative estimate of drug-likeness (QED) is 0.392. The lowest BCUT2D eigenvalue weighted by molar-refractivity contribution is 0.581. The van der Waals surface area contributed by atoms with Gasteiger partial charge < -0.3 is 0 Å². The zero-order chi connectivity index (χ0) is 21.5. The van der Waals surface area contributed by atoms with Gasteiger partial charge in [0.25, 0.3) is 10.0 Å². The van der Waals surface area contributed by atoms with Crippen molar-refractivity contribution in [1.29, 1.82) is 0 Å². The molecule has 0 aliphatic rings. The van der Waals surface area contributed by atoms with Crippen molar-refractivity contribution >= 4 is 21.6 Å². The second-order valence-electron chi connectivity index (χ2n) is 7.36. The van der Waals surface area contributed by atoms with Crippen molar-refractivity contribution in [2.45, 2.75) is 25.7 Å². The third-order valence-electron chi connectivity index (χ3n) is 5.08. The van der Waals surface area contributed by atoms with Crippen molar-refractivity contribution in [1.82, 2.24) is 9.19 Å². The normalized spacial score (nSPS) is 11.6. The summed E-state index contributed by atoms with van der Waals surface area (Å²) in [5.74, 6) is 0. The Kier molecular flexibility index (Phi) is 5.26. The fraction of sp³-hybridized carbons (Fsp3) is 0.125. The first-order valence-electron chi connectivity index (χ1n) is 9.52. The molecule has 0 bridgehead atoms. The van der Waals surface area contributed by atoms with E-state index >= 15 is 0 Å². The van der Waals surface area contributed by atoms with Crippen LogP contribution in [0.5, 0.6) is 0 Å². The lowest BCUT2D eigenvalue weighted by Gasteiger charge is -2.10. The highest BCUT2D eigenvalue weighted by Crippen LogP contribution is 2.34. The van der Waals surface area contributed by atoms with E-state index in [4.69, 9.17) is 11.6 Å². The number of halogens is 1. The van der Waals surface area contributed by atoms with Gasteiger partial charge >= 0.3 is 0 Å². The lowest BCUT2D eigenvalue weighted by atomic mass is 10.0. The highest BCUT2D eigenvalue weighted by molar-refractivity contribution is 7.90. The standard InChI is InChI=1S/C24H21ClN2O2S/c1-16-4-8-19(9-5-16)23-18(3)24(20-10-6-17(2)7-11-20)27(26-23)30(28,29)22-14-12-21(25)13-15-22/h4-15H,1-3H3. The Morgan fingerprint density at radius 1 is 0.733 bits per heavy atom. The molecular weight excluding hydrogens is 416 g/mol. The van der Waals surface area contributed by atoms with E-state index in [1.807, 2.05) is 69.3 Å². The van der Waals surface area contributed by atoms with Gasteiger partial charge in [0.1, 0.15) is 0 Å². The van der Waals surface area contributed by atoms with Gasteiger partial charge in [0.15, 0.2) is 0 Å². The van der Waals surface area contributed by atoms with E-state index in [1.165, 1.54) is 12.1 Å². The fourth-order valence-electron chi connectivity index (χ4n) is 3.38. The molecule has 0 saturated heterocycles. The highest BCUT2D eigenvalue weighted by Gasteiger charge is 2.27. The van der Waals surface area contributed by atoms with Gasteiger partial charge in [-0.3, -0.25) is 0 Å². The zero-order valence-corrected chi connectivity index (χ0v) is 18.5. The van der Waals surface area contributed by atoms with Crippen molar-refractivity contribution in [3.8, 4) is 22.5 Å². The molecule has 0 aliphatic heterocycles. The second kappa shape index (κ2) is 7.74. The Morgan fingerprint density at radius 2 is 1.23 bits per heavy atom. The molecule has 4 nitrogen and oxygen atoms in total. The molecule has 0 saturated carbocycles. The van der Waals surface area contributed by atoms with Gasteiger partial charge in [0.2, 0.25) is 0 Å². The number of hydrogen-bond acceptors (Lipinski definition) is 3. The number of hydrogen-bond donors (Lipinski definition) is 0. The Bertz CT molecular complexity index is 1310. The molecule has 6 heteroatoms. The van der Waals surface area contributed by atoms with Gasteiger partial charge in [0.05, 0.1) is 16.3 Å². The van der Waals surface area contributed by atoms with E-state index in [9.17, 15) is 8.42 Å². The van der Waals surface area contributed by atoms with Crippen LogP contribution in [-0.2, 0) is 10.0 Å². The summed E-state index contributed by atoms with van der Waals surface area (Å²) in [5.41, 5.74) is 5.90. The molecule has 1 heterocycles. The van der Waals surface area contributed by atoms with Gasteiger partial charge in [-0.05, 0) is 45.0 Å². The van der Waals surface area contributed by atoms with Crippen LogP contribution in [0.4, 0.5) is 0 Å². The molecule has 0 N–H and O–H groups in total. The Hall–Kier alpha value is -2.89. The summed E-state index contributed by atoms with van der Waals surface area (Å²) in [6, 6.07) is 21.8. The SMILES string of the molecule is Cc1ccc(-c2nn(S(=O)(=O)c3ccc(Cl)cc3)c(-c3ccc(C)cc3)c2C)cc1. The van der Waals surface area contributed by atoms with Crippen LogP contribution in [-0.4, -0.2) is 17.6 Å². The maximum Gasteiger partial charge on any atom is 0.283 e. The van der Waals surface area contributed by atoms with Crippen LogP contribution in [0, 0.1) is 20.8 Å². The molecule has 0 spiro atoms. The monoisotopic (exact) mass is 436 g/mol. The average molecular weight is 437 g/mol. The smallest absolute Gasteiger partial charge is 0.199 e. The van der Waals surface area contributed by atoms with Crippen LogP contribution < -0.4 is 0 Å². The maximum atomic E-state index is 13.5. The van der Waals surface area contributed by atoms with Crippen LogP contribution in [0.1, 0.15) is 16.7 Å². The van der Waals surface area contributed by atoms with Crippen LogP contribution in [0.2, 0.25) is 5.02 Å². The Labute approximate surface area is 181 Å². The third-order valence-corrected chi connectivity index (χ3v) is 6.92. The third kappa shape index (κ3) is 3.66. The number of aromatic nitrogens is 2. The molecule has 1 aromatic heterocycles. The lowest BCUT2D eigenvalue weighted by Crippen LogP contribution is -2.16. The topological polar surface area (TPSA) is 52.0 Å². The first-order chi connectivity index (χ1) is 14.3. The van der Waals surface area contributed by atoms with Gasteiger partial charge in [0, 0.05) is 21.7 Å². The summed E-state index contributed by atoms with van der Waals surface area (Å²) in [4.78, 5) is 0.137. The molecule has 0 atom stereocenters. The summed E-state index contributed by atoms with van der Waals surface area (Å²) in [6.45, 7) is 5.92. The maximum absolute atomic E-state index is 13.5. The number of benzene rings is 3. The second-order valence-corrected chi connectivity index (χ2v) is 9.56. The minimum absolute atomic E-state index is 0.137. The van der Waals surface area contributed by atoms with Gasteiger partial charge in [-0.2, -0.15) is 17.6 Å². The fourth-order valence-corrected chi connectivity index (χ4v) is 4.85. The van der Waals surface area contributed by atoms with Gasteiger partial charge in [-0.25, -0.2) is 0 Å². The molecule has 0 amide bonds. The van der Waals surface area contributed by atoms with E-state index in [-0.39, 0.29) is 4.90 Å². The van der Waals surface area contributed by atoms with Crippen molar-refractivity contribution < 1.29 is 8.42 Å². The summed E-state index contributed by atoms with van der Waals surface area (Å²) in [6.07, 6.45) is 0. The summed E-state index contributed by atoms with van der Waals surface area (Å²) >= 11 is 5.95. The number of aryl methyl sites for hydroxylation is 2. The Balaban J connectivity index is 1.98. The molecule has 4 rings (SSSR count). The van der Waals surface area contributed by atoms with E-state index in [2.05, 4.69) is 5.10 Å². The minimum atomic E-state index is -3.92. The highest BCUT2D eigenvalue weighted by atomic mass is 35.5. The molecule has 3 aromatic carbocycles. The Morgan fingerprint density at radius 3 is 1.77 bits per heavy atom. The van der Waals surface area contributed by atoms with Gasteiger partial charge in [-0.15, -0.1) is 0 Å². The van der Waals surface area contributed by atoms with Crippen molar-refractivity contribution in [3.63, 3.8) is 0 Å². The molecule has 30 heavy (non-hydrogen) atoms. The largest absolute Gasteiger partial charge is 0.283 e. The van der Waals surface area contributed by atoms with Crippen molar-refractivity contribution in [2.75, 3.05) is 0 Å². The first-order valence-corrected chi connectivity index (χ1v) is 11.3. The van der Waals surface area contributed by atoms with E-state index in [0.717, 1.165) is 31.9 Å². The van der Waals surface area contributed by atoms with Crippen molar-refractivity contribution in [2.24, 2.45) is 0 Å². The molecular formula is C24H21ClN2O2S. The molecule has 0 fully saturated rings. The predicted molar refractivity (Wildman–Crippen MR) is 121 cm³/mol. The van der Waals surface area contributed by atoms with Crippen LogP contribution in [0.25, 0.3) is 22.5 Å². The minimum Gasteiger partial charge on any atom is -0.199 e. The number of rotatable bonds is 4. The van der Waals surface area contributed by atoms with Gasteiger partial charge in [-0.1, -0.05) is 71.3 Å². The summed E-state index contributed by atoms with van der Waals surface area (Å²) < 4.78 is 28.2. The van der Waals surface area contributed by atoms with E-state index in [1.54, 1.807) is 12.1 Å². The summed E-state index contributed by atoms with van der Waals surface area (Å²) in [5, 5.41) is 5.05. The average Bonchev–Trinajstić information content (AvgIpc) is 3.07. The van der Waals surface area contributed by atoms with Crippen molar-refractivity contribution in [3.05, 3.63) is 94.5 Å². The molecule has 0 unspecified atom stereocenters. The summed E-state index contributed by atoms with van der Waals surface area (Å²) in [7, 11) is -3.92. The van der Waals surface area contributed by atoms with E-state index < -0.39 is 10.0 Å². The van der Waals surface area contributed by atoms with E-state index in [0.29, 0.717) is 16.4 Å². The predicted octanol–water partition coefficient (Wildman–Crippen LogP) is 6.03.